The summed E-state index contributed by atoms with van der Waals surface area (Å²) in [6.45, 7) is 3.59. The molecule has 1 atom stereocenters. The minimum atomic E-state index is 0.655. The minimum absolute atomic E-state index is 0.655. The summed E-state index contributed by atoms with van der Waals surface area (Å²) >= 11 is 0. The lowest BCUT2D eigenvalue weighted by atomic mass is 10.1. The van der Waals surface area contributed by atoms with Crippen LogP contribution in [-0.2, 0) is 11.3 Å². The third-order valence-electron chi connectivity index (χ3n) is 2.82. The highest BCUT2D eigenvalue weighted by Crippen LogP contribution is 2.14. The Kier molecular flexibility index (Phi) is 4.13. The van der Waals surface area contributed by atoms with Crippen LogP contribution in [0.5, 0.6) is 5.88 Å². The zero-order valence-electron chi connectivity index (χ0n) is 9.61. The summed E-state index contributed by atoms with van der Waals surface area (Å²) in [6.07, 6.45) is 2.91. The lowest BCUT2D eigenvalue weighted by molar-refractivity contribution is 0.185. The molecule has 1 aromatic heterocycles. The van der Waals surface area contributed by atoms with Gasteiger partial charge in [-0.25, -0.2) is 4.98 Å². The number of nitrogens with one attached hydrogen (secondary N) is 1. The third-order valence-corrected chi connectivity index (χ3v) is 2.82. The molecule has 1 aliphatic heterocycles. The molecular formula is C12H18N2O2. The van der Waals surface area contributed by atoms with E-state index in [2.05, 4.69) is 10.3 Å². The maximum atomic E-state index is 5.33. The van der Waals surface area contributed by atoms with Crippen LogP contribution in [0.3, 0.4) is 0 Å². The maximum absolute atomic E-state index is 5.33. The van der Waals surface area contributed by atoms with Crippen molar-refractivity contribution in [3.8, 4) is 5.88 Å². The zero-order chi connectivity index (χ0) is 11.2. The van der Waals surface area contributed by atoms with Gasteiger partial charge >= 0.3 is 0 Å². The summed E-state index contributed by atoms with van der Waals surface area (Å²) in [4.78, 5) is 4.16. The first kappa shape index (κ1) is 11.4. The van der Waals surface area contributed by atoms with E-state index in [9.17, 15) is 0 Å². The van der Waals surface area contributed by atoms with Crippen molar-refractivity contribution in [2.45, 2.75) is 13.0 Å². The summed E-state index contributed by atoms with van der Waals surface area (Å²) in [5, 5.41) is 3.42. The number of ether oxygens (including phenoxy) is 2. The molecule has 2 heterocycles. The molecule has 0 spiro atoms. The Labute approximate surface area is 96.0 Å². The van der Waals surface area contributed by atoms with E-state index in [0.717, 1.165) is 38.3 Å². The average molecular weight is 222 g/mol. The molecule has 1 fully saturated rings. The molecule has 2 rings (SSSR count). The van der Waals surface area contributed by atoms with Crippen LogP contribution in [0.1, 0.15) is 12.0 Å². The standard InChI is InChI=1S/C12H18N2O2/c1-15-12-11(3-2-5-14-12)8-13-7-10-4-6-16-9-10/h2-3,5,10,13H,4,6-9H2,1H3. The van der Waals surface area contributed by atoms with Crippen LogP contribution in [0.15, 0.2) is 18.3 Å². The van der Waals surface area contributed by atoms with E-state index in [0.29, 0.717) is 11.8 Å². The maximum Gasteiger partial charge on any atom is 0.217 e. The molecule has 0 saturated carbocycles. The lowest BCUT2D eigenvalue weighted by Gasteiger charge is -2.11. The fourth-order valence-electron chi connectivity index (χ4n) is 1.90. The Morgan fingerprint density at radius 3 is 3.31 bits per heavy atom. The van der Waals surface area contributed by atoms with Crippen molar-refractivity contribution in [2.75, 3.05) is 26.9 Å². The second kappa shape index (κ2) is 5.82. The number of aromatic nitrogens is 1. The van der Waals surface area contributed by atoms with Crippen LogP contribution in [0.4, 0.5) is 0 Å². The second-order valence-corrected chi connectivity index (χ2v) is 4.03. The lowest BCUT2D eigenvalue weighted by Crippen LogP contribution is -2.22. The predicted molar refractivity (Wildman–Crippen MR) is 61.4 cm³/mol. The molecule has 0 bridgehead atoms. The number of rotatable bonds is 5. The summed E-state index contributed by atoms with van der Waals surface area (Å²) < 4.78 is 10.5. The molecule has 0 aromatic carbocycles. The van der Waals surface area contributed by atoms with E-state index in [1.165, 1.54) is 0 Å². The van der Waals surface area contributed by atoms with Crippen molar-refractivity contribution in [2.24, 2.45) is 5.92 Å². The van der Waals surface area contributed by atoms with Crippen LogP contribution in [0.25, 0.3) is 0 Å². The van der Waals surface area contributed by atoms with Gasteiger partial charge in [-0.15, -0.1) is 0 Å². The molecule has 4 nitrogen and oxygen atoms in total. The smallest absolute Gasteiger partial charge is 0.217 e. The van der Waals surface area contributed by atoms with E-state index >= 15 is 0 Å². The summed E-state index contributed by atoms with van der Waals surface area (Å²) in [7, 11) is 1.65. The van der Waals surface area contributed by atoms with Crippen molar-refractivity contribution in [1.29, 1.82) is 0 Å². The number of hydrogen-bond acceptors (Lipinski definition) is 4. The Morgan fingerprint density at radius 2 is 2.56 bits per heavy atom. The predicted octanol–water partition coefficient (Wildman–Crippen LogP) is 1.22. The fraction of sp³-hybridized carbons (Fsp3) is 0.583. The first-order valence-electron chi connectivity index (χ1n) is 5.66. The molecule has 1 N–H and O–H groups in total. The van der Waals surface area contributed by atoms with Gasteiger partial charge in [0.2, 0.25) is 5.88 Å². The van der Waals surface area contributed by atoms with E-state index in [-0.39, 0.29) is 0 Å². The monoisotopic (exact) mass is 222 g/mol. The van der Waals surface area contributed by atoms with E-state index in [1.807, 2.05) is 12.1 Å². The Bertz CT molecular complexity index is 325. The molecule has 1 saturated heterocycles. The van der Waals surface area contributed by atoms with Crippen molar-refractivity contribution in [1.82, 2.24) is 10.3 Å². The molecule has 1 unspecified atom stereocenters. The summed E-state index contributed by atoms with van der Waals surface area (Å²) in [5.41, 5.74) is 1.10. The first-order valence-corrected chi connectivity index (χ1v) is 5.66. The average Bonchev–Trinajstić information content (AvgIpc) is 2.83. The number of methoxy groups -OCH3 is 1. The highest BCUT2D eigenvalue weighted by atomic mass is 16.5. The Morgan fingerprint density at radius 1 is 1.62 bits per heavy atom. The van der Waals surface area contributed by atoms with E-state index in [4.69, 9.17) is 9.47 Å². The molecule has 0 radical (unpaired) electrons. The van der Waals surface area contributed by atoms with Gasteiger partial charge in [0, 0.05) is 31.5 Å². The van der Waals surface area contributed by atoms with Crippen molar-refractivity contribution in [3.05, 3.63) is 23.9 Å². The van der Waals surface area contributed by atoms with Gasteiger partial charge in [0.15, 0.2) is 0 Å². The summed E-state index contributed by atoms with van der Waals surface area (Å²) in [6, 6.07) is 3.96. The van der Waals surface area contributed by atoms with Gasteiger partial charge in [0.1, 0.15) is 0 Å². The number of nitrogens with zero attached hydrogens (tertiary/aromatic N) is 1. The van der Waals surface area contributed by atoms with E-state index < -0.39 is 0 Å². The zero-order valence-corrected chi connectivity index (χ0v) is 9.61. The normalized spacial score (nSPS) is 19.9. The fourth-order valence-corrected chi connectivity index (χ4v) is 1.90. The van der Waals surface area contributed by atoms with Gasteiger partial charge in [-0.3, -0.25) is 0 Å². The molecule has 1 aromatic rings. The SMILES string of the molecule is COc1ncccc1CNCC1CCOC1. The quantitative estimate of drug-likeness (QED) is 0.813. The third kappa shape index (κ3) is 2.93. The molecule has 4 heteroatoms. The second-order valence-electron chi connectivity index (χ2n) is 4.03. The van der Waals surface area contributed by atoms with Crippen LogP contribution in [0, 0.1) is 5.92 Å². The largest absolute Gasteiger partial charge is 0.481 e. The van der Waals surface area contributed by atoms with Gasteiger partial charge in [-0.1, -0.05) is 6.07 Å². The highest BCUT2D eigenvalue weighted by molar-refractivity contribution is 5.24. The number of hydrogen-bond donors (Lipinski definition) is 1. The van der Waals surface area contributed by atoms with Gasteiger partial charge in [0.25, 0.3) is 0 Å². The first-order chi connectivity index (χ1) is 7.90. The van der Waals surface area contributed by atoms with Crippen LogP contribution in [-0.4, -0.2) is 31.9 Å². The van der Waals surface area contributed by atoms with Crippen molar-refractivity contribution in [3.63, 3.8) is 0 Å². The number of pyridine rings is 1. The van der Waals surface area contributed by atoms with Crippen molar-refractivity contribution < 1.29 is 9.47 Å². The van der Waals surface area contributed by atoms with Crippen molar-refractivity contribution >= 4 is 0 Å². The van der Waals surface area contributed by atoms with Crippen LogP contribution < -0.4 is 10.1 Å². The summed E-state index contributed by atoms with van der Waals surface area (Å²) in [5.74, 6) is 1.36. The topological polar surface area (TPSA) is 43.4 Å². The molecule has 1 aliphatic rings. The van der Waals surface area contributed by atoms with Gasteiger partial charge in [-0.05, 0) is 18.4 Å². The van der Waals surface area contributed by atoms with Crippen LogP contribution in [0.2, 0.25) is 0 Å². The molecule has 0 aliphatic carbocycles. The van der Waals surface area contributed by atoms with E-state index in [1.54, 1.807) is 13.3 Å². The minimum Gasteiger partial charge on any atom is -0.481 e. The van der Waals surface area contributed by atoms with Gasteiger partial charge in [0.05, 0.1) is 13.7 Å². The molecular weight excluding hydrogens is 204 g/mol. The highest BCUT2D eigenvalue weighted by Gasteiger charge is 2.14. The van der Waals surface area contributed by atoms with Crippen LogP contribution >= 0.6 is 0 Å². The van der Waals surface area contributed by atoms with Gasteiger partial charge in [-0.2, -0.15) is 0 Å². The Hall–Kier alpha value is -1.13. The molecule has 16 heavy (non-hydrogen) atoms. The molecule has 88 valence electrons. The van der Waals surface area contributed by atoms with Gasteiger partial charge < -0.3 is 14.8 Å². The molecule has 0 amide bonds. The Balaban J connectivity index is 1.79.